The smallest absolute Gasteiger partial charge is 0.317 e. The number of amides is 2. The summed E-state index contributed by atoms with van der Waals surface area (Å²) in [6.07, 6.45) is 0.218. The number of benzene rings is 2. The summed E-state index contributed by atoms with van der Waals surface area (Å²) in [6.45, 7) is 1.88. The van der Waals surface area contributed by atoms with Crippen LogP contribution in [0.15, 0.2) is 42.5 Å². The molecule has 2 aromatic carbocycles. The van der Waals surface area contributed by atoms with Crippen molar-refractivity contribution in [2.24, 2.45) is 0 Å². The van der Waals surface area contributed by atoms with Gasteiger partial charge in [0.15, 0.2) is 0 Å². The van der Waals surface area contributed by atoms with Crippen LogP contribution in [0.25, 0.3) is 0 Å². The van der Waals surface area contributed by atoms with E-state index in [4.69, 9.17) is 4.74 Å². The standard InChI is InChI=1S/C21H27F2N3O2/c1-25(2)11-12-26(15-16-5-4-6-19(13-16)28-3)21(27)24-10-9-17-14-18(22)7-8-20(17)23/h4-8,13-14H,9-12,15H2,1-3H3,(H,24,27). The molecule has 0 aliphatic heterocycles. The first-order valence-electron chi connectivity index (χ1n) is 9.13. The Balaban J connectivity index is 1.98. The van der Waals surface area contributed by atoms with Gasteiger partial charge in [-0.3, -0.25) is 0 Å². The lowest BCUT2D eigenvalue weighted by atomic mass is 10.1. The summed E-state index contributed by atoms with van der Waals surface area (Å²) < 4.78 is 32.2. The topological polar surface area (TPSA) is 44.8 Å². The lowest BCUT2D eigenvalue weighted by Crippen LogP contribution is -2.43. The third-order valence-electron chi connectivity index (χ3n) is 4.29. The number of rotatable bonds is 9. The summed E-state index contributed by atoms with van der Waals surface area (Å²) in [4.78, 5) is 16.3. The molecule has 2 rings (SSSR count). The molecular weight excluding hydrogens is 364 g/mol. The van der Waals surface area contributed by atoms with Gasteiger partial charge in [-0.05, 0) is 62.0 Å². The Morgan fingerprint density at radius 1 is 1.11 bits per heavy atom. The van der Waals surface area contributed by atoms with Crippen LogP contribution in [0.2, 0.25) is 0 Å². The highest BCUT2D eigenvalue weighted by Crippen LogP contribution is 2.15. The van der Waals surface area contributed by atoms with Crippen LogP contribution in [0.1, 0.15) is 11.1 Å². The van der Waals surface area contributed by atoms with Gasteiger partial charge < -0.3 is 19.9 Å². The van der Waals surface area contributed by atoms with Crippen LogP contribution < -0.4 is 10.1 Å². The maximum Gasteiger partial charge on any atom is 0.317 e. The molecule has 0 saturated heterocycles. The fraction of sp³-hybridized carbons (Fsp3) is 0.381. The predicted molar refractivity (Wildman–Crippen MR) is 105 cm³/mol. The minimum Gasteiger partial charge on any atom is -0.497 e. The summed E-state index contributed by atoms with van der Waals surface area (Å²) in [5, 5.41) is 2.80. The molecule has 0 aliphatic carbocycles. The average molecular weight is 391 g/mol. The molecule has 0 aromatic heterocycles. The number of likely N-dealkylation sites (N-methyl/N-ethyl adjacent to an activating group) is 1. The summed E-state index contributed by atoms with van der Waals surface area (Å²) in [5.74, 6) is -0.239. The number of methoxy groups -OCH3 is 1. The minimum absolute atomic E-state index is 0.218. The maximum atomic E-state index is 13.7. The normalized spacial score (nSPS) is 10.8. The van der Waals surface area contributed by atoms with Crippen molar-refractivity contribution in [1.29, 1.82) is 0 Å². The number of nitrogens with zero attached hydrogens (tertiary/aromatic N) is 2. The molecule has 7 heteroatoms. The van der Waals surface area contributed by atoms with Crippen LogP contribution in [-0.2, 0) is 13.0 Å². The van der Waals surface area contributed by atoms with Gasteiger partial charge in [0.2, 0.25) is 0 Å². The highest BCUT2D eigenvalue weighted by Gasteiger charge is 2.15. The van der Waals surface area contributed by atoms with Gasteiger partial charge in [0.1, 0.15) is 17.4 Å². The average Bonchev–Trinajstić information content (AvgIpc) is 2.67. The fourth-order valence-electron chi connectivity index (χ4n) is 2.72. The van der Waals surface area contributed by atoms with Crippen molar-refractivity contribution >= 4 is 6.03 Å². The molecule has 1 N–H and O–H groups in total. The number of urea groups is 1. The van der Waals surface area contributed by atoms with Crippen LogP contribution >= 0.6 is 0 Å². The molecule has 0 atom stereocenters. The van der Waals surface area contributed by atoms with Crippen molar-refractivity contribution in [3.63, 3.8) is 0 Å². The number of hydrogen-bond acceptors (Lipinski definition) is 3. The van der Waals surface area contributed by atoms with Crippen LogP contribution in [0.4, 0.5) is 13.6 Å². The first kappa shape index (κ1) is 21.6. The molecule has 0 spiro atoms. The summed E-state index contributed by atoms with van der Waals surface area (Å²) >= 11 is 0. The summed E-state index contributed by atoms with van der Waals surface area (Å²) in [7, 11) is 5.48. The van der Waals surface area contributed by atoms with Gasteiger partial charge in [-0.15, -0.1) is 0 Å². The van der Waals surface area contributed by atoms with E-state index >= 15 is 0 Å². The van der Waals surface area contributed by atoms with E-state index in [1.165, 1.54) is 0 Å². The largest absolute Gasteiger partial charge is 0.497 e. The predicted octanol–water partition coefficient (Wildman–Crippen LogP) is 3.29. The van der Waals surface area contributed by atoms with Crippen molar-refractivity contribution in [3.8, 4) is 5.75 Å². The number of carbonyl (C=O) groups excluding carboxylic acids is 1. The molecule has 0 saturated carbocycles. The van der Waals surface area contributed by atoms with Gasteiger partial charge in [-0.25, -0.2) is 13.6 Å². The molecule has 0 aliphatic rings. The zero-order chi connectivity index (χ0) is 20.5. The van der Waals surface area contributed by atoms with E-state index in [-0.39, 0.29) is 24.6 Å². The third-order valence-corrected chi connectivity index (χ3v) is 4.29. The summed E-state index contributed by atoms with van der Waals surface area (Å²) in [5.41, 5.74) is 1.19. The number of carbonyl (C=O) groups is 1. The second-order valence-electron chi connectivity index (χ2n) is 6.79. The van der Waals surface area contributed by atoms with Gasteiger partial charge in [0.25, 0.3) is 0 Å². The highest BCUT2D eigenvalue weighted by atomic mass is 19.1. The highest BCUT2D eigenvalue weighted by molar-refractivity contribution is 5.74. The van der Waals surface area contributed by atoms with Crippen LogP contribution in [0, 0.1) is 11.6 Å². The van der Waals surface area contributed by atoms with Crippen LogP contribution in [-0.4, -0.2) is 56.7 Å². The zero-order valence-corrected chi connectivity index (χ0v) is 16.5. The van der Waals surface area contributed by atoms with Crippen molar-refractivity contribution in [2.75, 3.05) is 40.8 Å². The molecule has 152 valence electrons. The van der Waals surface area contributed by atoms with Crippen molar-refractivity contribution < 1.29 is 18.3 Å². The second kappa shape index (κ2) is 10.6. The molecule has 0 radical (unpaired) electrons. The maximum absolute atomic E-state index is 13.7. The SMILES string of the molecule is COc1cccc(CN(CCN(C)C)C(=O)NCCc2cc(F)ccc2F)c1. The molecule has 5 nitrogen and oxygen atoms in total. The monoisotopic (exact) mass is 391 g/mol. The lowest BCUT2D eigenvalue weighted by Gasteiger charge is -2.25. The van der Waals surface area contributed by atoms with Crippen LogP contribution in [0.3, 0.4) is 0 Å². The van der Waals surface area contributed by atoms with E-state index in [9.17, 15) is 13.6 Å². The van der Waals surface area contributed by atoms with E-state index in [0.29, 0.717) is 19.6 Å². The van der Waals surface area contributed by atoms with E-state index in [1.54, 1.807) is 12.0 Å². The molecular formula is C21H27F2N3O2. The minimum atomic E-state index is -0.492. The Bertz CT molecular complexity index is 784. The Morgan fingerprint density at radius 2 is 1.89 bits per heavy atom. The van der Waals surface area contributed by atoms with Gasteiger partial charge >= 0.3 is 6.03 Å². The van der Waals surface area contributed by atoms with Gasteiger partial charge in [-0.1, -0.05) is 12.1 Å². The van der Waals surface area contributed by atoms with Gasteiger partial charge in [0.05, 0.1) is 7.11 Å². The number of nitrogens with one attached hydrogen (secondary N) is 1. The van der Waals surface area contributed by atoms with Gasteiger partial charge in [-0.2, -0.15) is 0 Å². The first-order valence-corrected chi connectivity index (χ1v) is 9.13. The van der Waals surface area contributed by atoms with Crippen molar-refractivity contribution in [3.05, 3.63) is 65.2 Å². The van der Waals surface area contributed by atoms with E-state index in [0.717, 1.165) is 29.5 Å². The summed E-state index contributed by atoms with van der Waals surface area (Å²) in [6, 6.07) is 10.6. The van der Waals surface area contributed by atoms with Crippen molar-refractivity contribution in [2.45, 2.75) is 13.0 Å². The third kappa shape index (κ3) is 6.81. The molecule has 0 unspecified atom stereocenters. The van der Waals surface area contributed by atoms with Crippen LogP contribution in [0.5, 0.6) is 5.75 Å². The first-order chi connectivity index (χ1) is 13.4. The Labute approximate surface area is 164 Å². The van der Waals surface area contributed by atoms with E-state index in [1.807, 2.05) is 43.3 Å². The lowest BCUT2D eigenvalue weighted by molar-refractivity contribution is 0.189. The van der Waals surface area contributed by atoms with E-state index < -0.39 is 11.6 Å². The molecule has 0 bridgehead atoms. The Hall–Kier alpha value is -2.67. The quantitative estimate of drug-likeness (QED) is 0.714. The number of hydrogen-bond donors (Lipinski definition) is 1. The second-order valence-corrected chi connectivity index (χ2v) is 6.79. The molecule has 0 fully saturated rings. The Morgan fingerprint density at radius 3 is 2.61 bits per heavy atom. The van der Waals surface area contributed by atoms with Crippen molar-refractivity contribution in [1.82, 2.24) is 15.1 Å². The fourth-order valence-corrected chi connectivity index (χ4v) is 2.72. The molecule has 2 amide bonds. The zero-order valence-electron chi connectivity index (χ0n) is 16.5. The van der Waals surface area contributed by atoms with Gasteiger partial charge in [0, 0.05) is 26.2 Å². The molecule has 2 aromatic rings. The van der Waals surface area contributed by atoms with E-state index in [2.05, 4.69) is 5.32 Å². The Kier molecular flexibility index (Phi) is 8.19. The number of halogens is 2. The molecule has 28 heavy (non-hydrogen) atoms. The molecule has 0 heterocycles. The number of ether oxygens (including phenoxy) is 1.